The maximum Gasteiger partial charge on any atom is 0.192 e. The van der Waals surface area contributed by atoms with Gasteiger partial charge in [0, 0.05) is 28.0 Å². The van der Waals surface area contributed by atoms with Gasteiger partial charge in [0.05, 0.1) is 7.11 Å². The topological polar surface area (TPSA) is 61.0 Å². The smallest absolute Gasteiger partial charge is 0.192 e. The van der Waals surface area contributed by atoms with E-state index in [1.54, 1.807) is 13.2 Å². The van der Waals surface area contributed by atoms with E-state index in [0.717, 1.165) is 27.2 Å². The second-order valence-electron chi connectivity index (χ2n) is 3.98. The van der Waals surface area contributed by atoms with Crippen LogP contribution in [0.25, 0.3) is 0 Å². The lowest BCUT2D eigenvalue weighted by Crippen LogP contribution is -1.93. The van der Waals surface area contributed by atoms with Crippen molar-refractivity contribution in [3.63, 3.8) is 0 Å². The van der Waals surface area contributed by atoms with Crippen molar-refractivity contribution < 1.29 is 4.74 Å². The molecule has 2 aromatic rings. The number of nitrogens with zero attached hydrogens (tertiary/aromatic N) is 2. The number of hydrogen-bond donors (Lipinski definition) is 1. The molecule has 0 atom stereocenters. The quantitative estimate of drug-likeness (QED) is 0.680. The van der Waals surface area contributed by atoms with E-state index in [0.29, 0.717) is 5.69 Å². The summed E-state index contributed by atoms with van der Waals surface area (Å²) in [6.07, 6.45) is 0. The average molecular weight is 261 g/mol. The molecule has 0 aliphatic carbocycles. The molecule has 0 unspecified atom stereocenters. The third kappa shape index (κ3) is 3.13. The Morgan fingerprint density at radius 1 is 1.06 bits per heavy atom. The third-order valence-corrected chi connectivity index (χ3v) is 3.15. The Hall–Kier alpha value is -1.75. The molecule has 18 heavy (non-hydrogen) atoms. The number of rotatable bonds is 3. The molecule has 0 radical (unpaired) electrons. The number of aryl methyl sites for hydroxylation is 2. The van der Waals surface area contributed by atoms with Gasteiger partial charge in [-0.1, -0.05) is 0 Å². The molecule has 0 amide bonds. The molecule has 0 aliphatic heterocycles. The van der Waals surface area contributed by atoms with Crippen molar-refractivity contribution in [2.75, 3.05) is 12.8 Å². The Morgan fingerprint density at radius 3 is 2.33 bits per heavy atom. The predicted molar refractivity (Wildman–Crippen MR) is 73.0 cm³/mol. The molecule has 0 spiro atoms. The maximum atomic E-state index is 5.81. The highest BCUT2D eigenvalue weighted by atomic mass is 32.2. The summed E-state index contributed by atoms with van der Waals surface area (Å²) >= 11 is 1.48. The summed E-state index contributed by atoms with van der Waals surface area (Å²) in [6, 6.07) is 7.53. The number of anilines is 1. The summed E-state index contributed by atoms with van der Waals surface area (Å²) in [5.74, 6) is 0.738. The van der Waals surface area contributed by atoms with Gasteiger partial charge in [-0.3, -0.25) is 0 Å². The van der Waals surface area contributed by atoms with E-state index < -0.39 is 0 Å². The summed E-state index contributed by atoms with van der Waals surface area (Å²) < 4.78 is 5.19. The molecule has 1 aromatic carbocycles. The van der Waals surface area contributed by atoms with Crippen molar-refractivity contribution in [2.24, 2.45) is 0 Å². The van der Waals surface area contributed by atoms with Crippen LogP contribution in [0.3, 0.4) is 0 Å². The summed E-state index contributed by atoms with van der Waals surface area (Å²) in [5, 5.41) is 0.722. The fourth-order valence-electron chi connectivity index (χ4n) is 1.62. The first-order chi connectivity index (χ1) is 8.56. The van der Waals surface area contributed by atoms with Crippen molar-refractivity contribution in [1.82, 2.24) is 9.97 Å². The summed E-state index contributed by atoms with van der Waals surface area (Å²) in [6.45, 7) is 3.91. The highest BCUT2D eigenvalue weighted by Crippen LogP contribution is 2.30. The van der Waals surface area contributed by atoms with E-state index in [9.17, 15) is 0 Å². The molecular formula is C13H15N3OS. The standard InChI is InChI=1S/C13H15N3OS/c1-8-4-9(2)16-13(15-8)18-12-6-10(14)5-11(7-12)17-3/h4-7H,14H2,1-3H3. The van der Waals surface area contributed by atoms with Crippen LogP contribution in [-0.2, 0) is 0 Å². The molecule has 94 valence electrons. The first kappa shape index (κ1) is 12.7. The Balaban J connectivity index is 2.30. The Morgan fingerprint density at radius 2 is 1.72 bits per heavy atom. The minimum atomic E-state index is 0.668. The molecule has 0 fully saturated rings. The van der Waals surface area contributed by atoms with Gasteiger partial charge in [-0.2, -0.15) is 0 Å². The molecule has 0 saturated carbocycles. The highest BCUT2D eigenvalue weighted by molar-refractivity contribution is 7.99. The molecule has 4 nitrogen and oxygen atoms in total. The van der Waals surface area contributed by atoms with Gasteiger partial charge in [0.1, 0.15) is 5.75 Å². The lowest BCUT2D eigenvalue weighted by atomic mass is 10.3. The molecule has 5 heteroatoms. The monoisotopic (exact) mass is 261 g/mol. The minimum Gasteiger partial charge on any atom is -0.497 e. The first-order valence-electron chi connectivity index (χ1n) is 5.51. The number of nitrogens with two attached hydrogens (primary N) is 1. The van der Waals surface area contributed by atoms with E-state index in [1.807, 2.05) is 32.0 Å². The van der Waals surface area contributed by atoms with Gasteiger partial charge >= 0.3 is 0 Å². The molecule has 2 N–H and O–H groups in total. The fourth-order valence-corrected chi connectivity index (χ4v) is 2.58. The van der Waals surface area contributed by atoms with Crippen LogP contribution in [0.4, 0.5) is 5.69 Å². The van der Waals surface area contributed by atoms with Gasteiger partial charge < -0.3 is 10.5 Å². The minimum absolute atomic E-state index is 0.668. The number of ether oxygens (including phenoxy) is 1. The van der Waals surface area contributed by atoms with Crippen LogP contribution in [0.5, 0.6) is 5.75 Å². The van der Waals surface area contributed by atoms with Crippen molar-refractivity contribution in [1.29, 1.82) is 0 Å². The van der Waals surface area contributed by atoms with Crippen LogP contribution >= 0.6 is 11.8 Å². The Labute approximate surface area is 111 Å². The predicted octanol–water partition coefficient (Wildman–Crippen LogP) is 2.84. The van der Waals surface area contributed by atoms with E-state index in [2.05, 4.69) is 9.97 Å². The Kier molecular flexibility index (Phi) is 3.72. The molecule has 0 aliphatic rings. The Bertz CT molecular complexity index is 552. The van der Waals surface area contributed by atoms with Crippen LogP contribution in [0, 0.1) is 13.8 Å². The molecule has 0 bridgehead atoms. The van der Waals surface area contributed by atoms with Gasteiger partial charge in [-0.25, -0.2) is 9.97 Å². The lowest BCUT2D eigenvalue weighted by Gasteiger charge is -2.06. The highest BCUT2D eigenvalue weighted by Gasteiger charge is 2.05. The second-order valence-corrected chi connectivity index (χ2v) is 5.02. The third-order valence-electron chi connectivity index (χ3n) is 2.31. The van der Waals surface area contributed by atoms with Crippen molar-refractivity contribution >= 4 is 17.4 Å². The number of hydrogen-bond acceptors (Lipinski definition) is 5. The first-order valence-corrected chi connectivity index (χ1v) is 6.33. The van der Waals surface area contributed by atoms with Crippen molar-refractivity contribution in [3.05, 3.63) is 35.7 Å². The zero-order chi connectivity index (χ0) is 13.1. The molecule has 0 saturated heterocycles. The number of methoxy groups -OCH3 is 1. The van der Waals surface area contributed by atoms with Crippen molar-refractivity contribution in [2.45, 2.75) is 23.9 Å². The van der Waals surface area contributed by atoms with Crippen LogP contribution < -0.4 is 10.5 Å². The summed E-state index contributed by atoms with van der Waals surface area (Å²) in [7, 11) is 1.62. The van der Waals surface area contributed by atoms with Crippen LogP contribution in [0.2, 0.25) is 0 Å². The van der Waals surface area contributed by atoms with Crippen LogP contribution in [0.15, 0.2) is 34.3 Å². The van der Waals surface area contributed by atoms with E-state index in [4.69, 9.17) is 10.5 Å². The summed E-state index contributed by atoms with van der Waals surface area (Å²) in [4.78, 5) is 9.74. The second kappa shape index (κ2) is 5.27. The van der Waals surface area contributed by atoms with E-state index in [-0.39, 0.29) is 0 Å². The largest absolute Gasteiger partial charge is 0.497 e. The normalized spacial score (nSPS) is 10.4. The molecule has 1 heterocycles. The molecular weight excluding hydrogens is 246 g/mol. The van der Waals surface area contributed by atoms with Gasteiger partial charge in [-0.15, -0.1) is 0 Å². The van der Waals surface area contributed by atoms with Crippen molar-refractivity contribution in [3.8, 4) is 5.75 Å². The van der Waals surface area contributed by atoms with E-state index >= 15 is 0 Å². The molecule has 1 aromatic heterocycles. The number of aromatic nitrogens is 2. The summed E-state index contributed by atoms with van der Waals surface area (Å²) in [5.41, 5.74) is 8.40. The SMILES string of the molecule is COc1cc(N)cc(Sc2nc(C)cc(C)n2)c1. The average Bonchev–Trinajstić information content (AvgIpc) is 2.26. The number of benzene rings is 1. The number of nitrogen functional groups attached to an aromatic ring is 1. The fraction of sp³-hybridized carbons (Fsp3) is 0.231. The van der Waals surface area contributed by atoms with Gasteiger partial charge in [0.2, 0.25) is 0 Å². The lowest BCUT2D eigenvalue weighted by molar-refractivity contribution is 0.414. The molecule has 2 rings (SSSR count). The zero-order valence-corrected chi connectivity index (χ0v) is 11.4. The van der Waals surface area contributed by atoms with Gasteiger partial charge in [0.15, 0.2) is 5.16 Å². The van der Waals surface area contributed by atoms with Crippen LogP contribution in [-0.4, -0.2) is 17.1 Å². The maximum absolute atomic E-state index is 5.81. The van der Waals surface area contributed by atoms with Gasteiger partial charge in [-0.05, 0) is 43.8 Å². The van der Waals surface area contributed by atoms with Crippen LogP contribution in [0.1, 0.15) is 11.4 Å². The van der Waals surface area contributed by atoms with E-state index in [1.165, 1.54) is 11.8 Å². The van der Waals surface area contributed by atoms with Gasteiger partial charge in [0.25, 0.3) is 0 Å². The zero-order valence-electron chi connectivity index (χ0n) is 10.6.